The van der Waals surface area contributed by atoms with Crippen LogP contribution in [0.1, 0.15) is 26.0 Å². The highest BCUT2D eigenvalue weighted by atomic mass is 16.6. The number of anilines is 2. The van der Waals surface area contributed by atoms with E-state index in [-0.39, 0.29) is 29.2 Å². The van der Waals surface area contributed by atoms with Gasteiger partial charge in [0, 0.05) is 12.6 Å². The van der Waals surface area contributed by atoms with Gasteiger partial charge in [0.25, 0.3) is 0 Å². The minimum absolute atomic E-state index is 0.0359. The van der Waals surface area contributed by atoms with E-state index in [1.165, 1.54) is 0 Å². The number of rotatable bonds is 7. The van der Waals surface area contributed by atoms with Gasteiger partial charge in [-0.15, -0.1) is 0 Å². The van der Waals surface area contributed by atoms with Gasteiger partial charge in [-0.3, -0.25) is 10.1 Å². The minimum Gasteiger partial charge on any atom is -0.368 e. The Hall–Kier alpha value is -1.96. The van der Waals surface area contributed by atoms with E-state index in [1.54, 1.807) is 6.92 Å². The molecule has 1 rings (SSSR count). The first-order chi connectivity index (χ1) is 9.70. The van der Waals surface area contributed by atoms with Gasteiger partial charge in [-0.05, 0) is 33.4 Å². The molecule has 0 saturated heterocycles. The highest BCUT2D eigenvalue weighted by Gasteiger charge is 2.24. The number of nitro groups is 1. The molecule has 0 amide bonds. The molecular formula is C13H24N6O2. The Morgan fingerprint density at radius 3 is 2.48 bits per heavy atom. The maximum atomic E-state index is 11.2. The zero-order chi connectivity index (χ0) is 16.2. The molecule has 1 atom stereocenters. The summed E-state index contributed by atoms with van der Waals surface area (Å²) >= 11 is 0. The van der Waals surface area contributed by atoms with Gasteiger partial charge in [-0.1, -0.05) is 13.8 Å². The van der Waals surface area contributed by atoms with Crippen LogP contribution < -0.4 is 11.1 Å². The lowest BCUT2D eigenvalue weighted by Gasteiger charge is -2.24. The molecule has 8 nitrogen and oxygen atoms in total. The summed E-state index contributed by atoms with van der Waals surface area (Å²) in [6, 6.07) is 0.0485. The molecule has 0 aromatic carbocycles. The highest BCUT2D eigenvalue weighted by molar-refractivity contribution is 5.60. The lowest BCUT2D eigenvalue weighted by molar-refractivity contribution is -0.385. The molecule has 8 heteroatoms. The SMILES string of the molecule is Cc1nc(N)nc(NC(CC(C)C)CN(C)C)c1[N+](=O)[O-]. The van der Waals surface area contributed by atoms with Gasteiger partial charge < -0.3 is 16.0 Å². The fourth-order valence-electron chi connectivity index (χ4n) is 2.29. The van der Waals surface area contributed by atoms with Crippen molar-refractivity contribution >= 4 is 17.5 Å². The number of hydrogen-bond acceptors (Lipinski definition) is 7. The van der Waals surface area contributed by atoms with Crippen molar-refractivity contribution in [3.8, 4) is 0 Å². The first-order valence-corrected chi connectivity index (χ1v) is 6.90. The number of nitrogen functional groups attached to an aromatic ring is 1. The highest BCUT2D eigenvalue weighted by Crippen LogP contribution is 2.27. The Bertz CT molecular complexity index is 494. The molecular weight excluding hydrogens is 272 g/mol. The first kappa shape index (κ1) is 17.1. The van der Waals surface area contributed by atoms with Crippen LogP contribution in [0.3, 0.4) is 0 Å². The van der Waals surface area contributed by atoms with E-state index in [0.717, 1.165) is 13.0 Å². The van der Waals surface area contributed by atoms with Crippen LogP contribution in [0.5, 0.6) is 0 Å². The molecule has 0 spiro atoms. The van der Waals surface area contributed by atoms with Gasteiger partial charge in [-0.2, -0.15) is 4.98 Å². The van der Waals surface area contributed by atoms with Gasteiger partial charge in [0.1, 0.15) is 5.69 Å². The van der Waals surface area contributed by atoms with E-state index >= 15 is 0 Å². The number of nitrogens with one attached hydrogen (secondary N) is 1. The third kappa shape index (κ3) is 5.14. The molecule has 0 aliphatic carbocycles. The number of aryl methyl sites for hydroxylation is 1. The van der Waals surface area contributed by atoms with E-state index in [1.807, 2.05) is 19.0 Å². The first-order valence-electron chi connectivity index (χ1n) is 6.90. The van der Waals surface area contributed by atoms with Gasteiger partial charge >= 0.3 is 5.69 Å². The predicted octanol–water partition coefficient (Wildman–Crippen LogP) is 1.66. The van der Waals surface area contributed by atoms with Crippen LogP contribution in [0.4, 0.5) is 17.5 Å². The van der Waals surface area contributed by atoms with Crippen LogP contribution in [0, 0.1) is 23.0 Å². The maximum absolute atomic E-state index is 11.2. The minimum atomic E-state index is -0.473. The van der Waals surface area contributed by atoms with E-state index in [9.17, 15) is 10.1 Å². The second-order valence-corrected chi connectivity index (χ2v) is 5.85. The molecule has 1 aromatic heterocycles. The fourth-order valence-corrected chi connectivity index (χ4v) is 2.29. The summed E-state index contributed by atoms with van der Waals surface area (Å²) in [7, 11) is 3.92. The molecule has 0 aliphatic heterocycles. The largest absolute Gasteiger partial charge is 0.368 e. The quantitative estimate of drug-likeness (QED) is 0.581. The Kier molecular flexibility index (Phi) is 5.83. The normalized spacial score (nSPS) is 12.7. The van der Waals surface area contributed by atoms with Gasteiger partial charge in [0.15, 0.2) is 0 Å². The third-order valence-corrected chi connectivity index (χ3v) is 2.94. The molecule has 1 heterocycles. The maximum Gasteiger partial charge on any atom is 0.332 e. The summed E-state index contributed by atoms with van der Waals surface area (Å²) in [5.41, 5.74) is 5.76. The van der Waals surface area contributed by atoms with Crippen molar-refractivity contribution in [1.29, 1.82) is 0 Å². The molecule has 21 heavy (non-hydrogen) atoms. The number of nitrogens with two attached hydrogens (primary N) is 1. The fraction of sp³-hybridized carbons (Fsp3) is 0.692. The average Bonchev–Trinajstić information content (AvgIpc) is 2.24. The molecule has 118 valence electrons. The summed E-state index contributed by atoms with van der Waals surface area (Å²) < 4.78 is 0. The number of likely N-dealkylation sites (N-methyl/N-ethyl adjacent to an activating group) is 1. The van der Waals surface area contributed by atoms with Crippen LogP contribution in [-0.2, 0) is 0 Å². The van der Waals surface area contributed by atoms with Crippen LogP contribution in [-0.4, -0.2) is 46.5 Å². The summed E-state index contributed by atoms with van der Waals surface area (Å²) in [5.74, 6) is 0.688. The molecule has 1 unspecified atom stereocenters. The van der Waals surface area contributed by atoms with Gasteiger partial charge in [0.2, 0.25) is 11.8 Å². The monoisotopic (exact) mass is 296 g/mol. The lowest BCUT2D eigenvalue weighted by atomic mass is 10.0. The van der Waals surface area contributed by atoms with Crippen molar-refractivity contribution in [3.63, 3.8) is 0 Å². The summed E-state index contributed by atoms with van der Waals surface area (Å²) in [5, 5.41) is 14.4. The Labute approximate surface area is 124 Å². The summed E-state index contributed by atoms with van der Waals surface area (Å²) in [4.78, 5) is 20.6. The number of aromatic nitrogens is 2. The van der Waals surface area contributed by atoms with E-state index in [4.69, 9.17) is 5.73 Å². The van der Waals surface area contributed by atoms with Crippen LogP contribution in [0.25, 0.3) is 0 Å². The predicted molar refractivity (Wildman–Crippen MR) is 83.3 cm³/mol. The zero-order valence-electron chi connectivity index (χ0n) is 13.3. The molecule has 0 saturated carbocycles. The van der Waals surface area contributed by atoms with E-state index in [0.29, 0.717) is 5.92 Å². The molecule has 0 bridgehead atoms. The molecule has 0 fully saturated rings. The van der Waals surface area contributed by atoms with Crippen LogP contribution in [0.2, 0.25) is 0 Å². The topological polar surface area (TPSA) is 110 Å². The molecule has 3 N–H and O–H groups in total. The molecule has 0 radical (unpaired) electrons. The third-order valence-electron chi connectivity index (χ3n) is 2.94. The van der Waals surface area contributed by atoms with Gasteiger partial charge in [0.05, 0.1) is 4.92 Å². The lowest BCUT2D eigenvalue weighted by Crippen LogP contribution is -2.34. The van der Waals surface area contributed by atoms with E-state index in [2.05, 4.69) is 29.1 Å². The average molecular weight is 296 g/mol. The second-order valence-electron chi connectivity index (χ2n) is 5.85. The van der Waals surface area contributed by atoms with Crippen molar-refractivity contribution in [2.24, 2.45) is 5.92 Å². The van der Waals surface area contributed by atoms with Crippen molar-refractivity contribution in [3.05, 3.63) is 15.8 Å². The van der Waals surface area contributed by atoms with E-state index < -0.39 is 4.92 Å². The molecule has 0 aliphatic rings. The number of hydrogen-bond donors (Lipinski definition) is 2. The zero-order valence-corrected chi connectivity index (χ0v) is 13.3. The van der Waals surface area contributed by atoms with Crippen molar-refractivity contribution in [2.45, 2.75) is 33.2 Å². The number of nitrogens with zero attached hydrogens (tertiary/aromatic N) is 4. The van der Waals surface area contributed by atoms with Crippen molar-refractivity contribution in [2.75, 3.05) is 31.7 Å². The van der Waals surface area contributed by atoms with Crippen LogP contribution >= 0.6 is 0 Å². The van der Waals surface area contributed by atoms with Crippen LogP contribution in [0.15, 0.2) is 0 Å². The van der Waals surface area contributed by atoms with Gasteiger partial charge in [-0.25, -0.2) is 4.98 Å². The second kappa shape index (κ2) is 7.16. The van der Waals surface area contributed by atoms with Crippen molar-refractivity contribution in [1.82, 2.24) is 14.9 Å². The summed E-state index contributed by atoms with van der Waals surface area (Å²) in [6.07, 6.45) is 0.873. The smallest absolute Gasteiger partial charge is 0.332 e. The standard InChI is InChI=1S/C13H24N6O2/c1-8(2)6-10(7-18(4)5)16-12-11(19(20)21)9(3)15-13(14)17-12/h8,10H,6-7H2,1-5H3,(H3,14,15,16,17). The Morgan fingerprint density at radius 1 is 1.38 bits per heavy atom. The Balaban J connectivity index is 3.09. The molecule has 1 aromatic rings. The van der Waals surface area contributed by atoms with Crippen molar-refractivity contribution < 1.29 is 4.92 Å². The Morgan fingerprint density at radius 2 is 2.00 bits per heavy atom. The summed E-state index contributed by atoms with van der Waals surface area (Å²) in [6.45, 7) is 6.53.